The van der Waals surface area contributed by atoms with Crippen molar-refractivity contribution < 1.29 is 4.79 Å². The Hall–Kier alpha value is -2.62. The molecule has 0 radical (unpaired) electrons. The van der Waals surface area contributed by atoms with Crippen LogP contribution in [0.2, 0.25) is 0 Å². The van der Waals surface area contributed by atoms with Crippen LogP contribution in [-0.2, 0) is 11.2 Å². The van der Waals surface area contributed by atoms with E-state index < -0.39 is 0 Å². The van der Waals surface area contributed by atoms with E-state index in [1.54, 1.807) is 0 Å². The van der Waals surface area contributed by atoms with Crippen LogP contribution in [0.25, 0.3) is 16.9 Å². The Morgan fingerprint density at radius 1 is 1.15 bits per heavy atom. The van der Waals surface area contributed by atoms with E-state index in [4.69, 9.17) is 4.98 Å². The van der Waals surface area contributed by atoms with E-state index in [9.17, 15) is 4.79 Å². The number of hydrogen-bond acceptors (Lipinski definition) is 2. The number of nitrogens with zero attached hydrogens (tertiary/aromatic N) is 2. The number of carbonyl (C=O) groups is 1. The van der Waals surface area contributed by atoms with E-state index in [-0.39, 0.29) is 11.9 Å². The van der Waals surface area contributed by atoms with Crippen molar-refractivity contribution in [2.24, 2.45) is 0 Å². The number of pyridine rings is 1. The number of rotatable bonds is 5. The van der Waals surface area contributed by atoms with Crippen LogP contribution < -0.4 is 5.32 Å². The van der Waals surface area contributed by atoms with Crippen LogP contribution in [0.1, 0.15) is 42.7 Å². The van der Waals surface area contributed by atoms with Crippen molar-refractivity contribution >= 4 is 11.6 Å². The Balaban J connectivity index is 2.09. The van der Waals surface area contributed by atoms with Gasteiger partial charge in [0.1, 0.15) is 5.65 Å². The summed E-state index contributed by atoms with van der Waals surface area (Å²) in [4.78, 5) is 17.4. The summed E-state index contributed by atoms with van der Waals surface area (Å²) in [6.07, 6.45) is 3.24. The van der Waals surface area contributed by atoms with E-state index in [0.717, 1.165) is 34.6 Å². The number of hydrogen-bond donors (Lipinski definition) is 1. The molecule has 0 aliphatic carbocycles. The Labute approximate surface area is 155 Å². The lowest BCUT2D eigenvalue weighted by atomic mass is 10.0. The molecule has 0 bridgehead atoms. The van der Waals surface area contributed by atoms with Gasteiger partial charge in [-0.1, -0.05) is 19.1 Å². The average molecular weight is 349 g/mol. The van der Waals surface area contributed by atoms with Crippen LogP contribution in [0.4, 0.5) is 0 Å². The molecule has 26 heavy (non-hydrogen) atoms. The fourth-order valence-electron chi connectivity index (χ4n) is 3.07. The number of aryl methyl sites for hydroxylation is 3. The zero-order chi connectivity index (χ0) is 18.8. The van der Waals surface area contributed by atoms with Gasteiger partial charge in [-0.15, -0.1) is 0 Å². The highest BCUT2D eigenvalue weighted by atomic mass is 16.1. The van der Waals surface area contributed by atoms with Gasteiger partial charge in [0.15, 0.2) is 0 Å². The van der Waals surface area contributed by atoms with Crippen LogP contribution in [0.3, 0.4) is 0 Å². The summed E-state index contributed by atoms with van der Waals surface area (Å²) < 4.78 is 2.04. The predicted molar refractivity (Wildman–Crippen MR) is 106 cm³/mol. The van der Waals surface area contributed by atoms with Crippen molar-refractivity contribution in [3.63, 3.8) is 0 Å². The van der Waals surface area contributed by atoms with E-state index in [2.05, 4.69) is 63.3 Å². The van der Waals surface area contributed by atoms with E-state index in [1.165, 1.54) is 11.1 Å². The van der Waals surface area contributed by atoms with Crippen LogP contribution in [-0.4, -0.2) is 21.3 Å². The molecule has 3 aromatic rings. The van der Waals surface area contributed by atoms with Crippen molar-refractivity contribution in [3.05, 3.63) is 58.9 Å². The van der Waals surface area contributed by atoms with E-state index >= 15 is 0 Å². The molecule has 1 aromatic carbocycles. The van der Waals surface area contributed by atoms with Crippen LogP contribution in [0.15, 0.2) is 36.5 Å². The first-order valence-electron chi connectivity index (χ1n) is 9.23. The second kappa shape index (κ2) is 7.32. The molecule has 1 unspecified atom stereocenters. The van der Waals surface area contributed by atoms with Gasteiger partial charge < -0.3 is 9.72 Å². The van der Waals surface area contributed by atoms with Gasteiger partial charge in [0.2, 0.25) is 5.91 Å². The van der Waals surface area contributed by atoms with Gasteiger partial charge in [-0.3, -0.25) is 4.79 Å². The third kappa shape index (κ3) is 3.64. The van der Waals surface area contributed by atoms with Gasteiger partial charge in [0.05, 0.1) is 17.8 Å². The summed E-state index contributed by atoms with van der Waals surface area (Å²) in [6.45, 7) is 10.4. The molecule has 0 saturated carbocycles. The molecule has 1 amide bonds. The minimum absolute atomic E-state index is 0.0341. The summed E-state index contributed by atoms with van der Waals surface area (Å²) in [5.41, 5.74) is 7.40. The molecule has 0 saturated heterocycles. The summed E-state index contributed by atoms with van der Waals surface area (Å²) in [7, 11) is 0. The summed E-state index contributed by atoms with van der Waals surface area (Å²) in [5.74, 6) is 0.0341. The van der Waals surface area contributed by atoms with Gasteiger partial charge in [0, 0.05) is 17.8 Å². The topological polar surface area (TPSA) is 46.4 Å². The molecule has 2 aromatic heterocycles. The molecule has 0 fully saturated rings. The van der Waals surface area contributed by atoms with Gasteiger partial charge in [-0.25, -0.2) is 4.98 Å². The molecule has 136 valence electrons. The Bertz CT molecular complexity index is 955. The highest BCUT2D eigenvalue weighted by molar-refractivity contribution is 5.82. The quantitative estimate of drug-likeness (QED) is 0.743. The number of benzene rings is 1. The molecule has 4 heteroatoms. The molecular formula is C22H27N3O. The molecule has 2 heterocycles. The molecule has 0 aliphatic heterocycles. The molecule has 3 rings (SSSR count). The largest absolute Gasteiger partial charge is 0.353 e. The fraction of sp³-hybridized carbons (Fsp3) is 0.364. The summed E-state index contributed by atoms with van der Waals surface area (Å²) >= 11 is 0. The number of amides is 1. The van der Waals surface area contributed by atoms with Crippen molar-refractivity contribution in [3.8, 4) is 11.3 Å². The highest BCUT2D eigenvalue weighted by Crippen LogP contribution is 2.27. The zero-order valence-corrected chi connectivity index (χ0v) is 16.3. The fourth-order valence-corrected chi connectivity index (χ4v) is 3.07. The van der Waals surface area contributed by atoms with Gasteiger partial charge in [0.25, 0.3) is 0 Å². The normalized spacial score (nSPS) is 12.3. The summed E-state index contributed by atoms with van der Waals surface area (Å²) in [5, 5.41) is 3.06. The third-order valence-corrected chi connectivity index (χ3v) is 5.01. The predicted octanol–water partition coefficient (Wildman–Crippen LogP) is 4.38. The Morgan fingerprint density at radius 2 is 1.92 bits per heavy atom. The first kappa shape index (κ1) is 18.2. The van der Waals surface area contributed by atoms with Crippen LogP contribution in [0, 0.1) is 20.8 Å². The first-order valence-corrected chi connectivity index (χ1v) is 9.23. The number of fused-ring (bicyclic) bond motifs is 1. The van der Waals surface area contributed by atoms with Crippen molar-refractivity contribution in [1.82, 2.24) is 14.7 Å². The Kier molecular flexibility index (Phi) is 5.12. The first-order chi connectivity index (χ1) is 12.4. The van der Waals surface area contributed by atoms with Gasteiger partial charge >= 0.3 is 0 Å². The molecule has 4 nitrogen and oxygen atoms in total. The smallest absolute Gasteiger partial charge is 0.226 e. The van der Waals surface area contributed by atoms with Crippen molar-refractivity contribution in [1.29, 1.82) is 0 Å². The number of nitrogens with one attached hydrogen (secondary N) is 1. The van der Waals surface area contributed by atoms with E-state index in [1.807, 2.05) is 17.5 Å². The van der Waals surface area contributed by atoms with Crippen LogP contribution in [0.5, 0.6) is 0 Å². The molecule has 1 atom stereocenters. The van der Waals surface area contributed by atoms with Gasteiger partial charge in [-0.05, 0) is 69.0 Å². The monoisotopic (exact) mass is 349 g/mol. The molecule has 0 spiro atoms. The van der Waals surface area contributed by atoms with Crippen LogP contribution >= 0.6 is 0 Å². The highest BCUT2D eigenvalue weighted by Gasteiger charge is 2.18. The second-order valence-electron chi connectivity index (χ2n) is 7.19. The van der Waals surface area contributed by atoms with Crippen molar-refractivity contribution in [2.45, 2.75) is 53.5 Å². The number of carbonyl (C=O) groups excluding carboxylic acids is 1. The molecule has 0 aliphatic rings. The van der Waals surface area contributed by atoms with Crippen molar-refractivity contribution in [2.75, 3.05) is 0 Å². The molecule has 1 N–H and O–H groups in total. The lowest BCUT2D eigenvalue weighted by Gasteiger charge is -2.12. The zero-order valence-electron chi connectivity index (χ0n) is 16.3. The average Bonchev–Trinajstić information content (AvgIpc) is 2.94. The maximum atomic E-state index is 12.5. The van der Waals surface area contributed by atoms with Gasteiger partial charge in [-0.2, -0.15) is 0 Å². The molecular weight excluding hydrogens is 322 g/mol. The number of aromatic nitrogens is 2. The summed E-state index contributed by atoms with van der Waals surface area (Å²) in [6, 6.07) is 10.6. The lowest BCUT2D eigenvalue weighted by molar-refractivity contribution is -0.121. The number of imidazole rings is 1. The minimum atomic E-state index is 0.0341. The standard InChI is InChI=1S/C22H27N3O/c1-6-17(5)23-21(26)13-19-22(18-8-7-15(3)16(4)12-18)24-20-11-14(2)9-10-25(19)20/h7-12,17H,6,13H2,1-5H3,(H,23,26). The Morgan fingerprint density at radius 3 is 2.62 bits per heavy atom. The second-order valence-corrected chi connectivity index (χ2v) is 7.19. The maximum Gasteiger partial charge on any atom is 0.226 e. The maximum absolute atomic E-state index is 12.5. The van der Waals surface area contributed by atoms with E-state index in [0.29, 0.717) is 6.42 Å². The third-order valence-electron chi connectivity index (χ3n) is 5.01. The SMILES string of the molecule is CCC(C)NC(=O)Cc1c(-c2ccc(C)c(C)c2)nc2cc(C)ccn12. The minimum Gasteiger partial charge on any atom is -0.353 e. The lowest BCUT2D eigenvalue weighted by Crippen LogP contribution is -2.33.